The second-order valence-electron chi connectivity index (χ2n) is 3.84. The molecule has 0 aliphatic carbocycles. The Labute approximate surface area is 109 Å². The molecule has 0 saturated heterocycles. The number of benzene rings is 1. The van der Waals surface area contributed by atoms with Crippen molar-refractivity contribution in [3.63, 3.8) is 0 Å². The van der Waals surface area contributed by atoms with Crippen molar-refractivity contribution in [1.29, 1.82) is 0 Å². The molecule has 1 aromatic carbocycles. The van der Waals surface area contributed by atoms with Crippen molar-refractivity contribution in [1.82, 2.24) is 0 Å². The van der Waals surface area contributed by atoms with Crippen LogP contribution in [0.3, 0.4) is 0 Å². The first-order valence-corrected chi connectivity index (χ1v) is 7.37. The Bertz CT molecular complexity index is 285. The Morgan fingerprint density at radius 1 is 1.00 bits per heavy atom. The first-order chi connectivity index (χ1) is 8.36. The number of rotatable bonds is 9. The van der Waals surface area contributed by atoms with Crippen LogP contribution in [-0.4, -0.2) is 25.2 Å². The van der Waals surface area contributed by atoms with Crippen LogP contribution in [0.25, 0.3) is 0 Å². The van der Waals surface area contributed by atoms with Crippen molar-refractivity contribution >= 4 is 11.8 Å². The molecule has 0 bridgehead atoms. The van der Waals surface area contributed by atoms with Crippen molar-refractivity contribution in [3.05, 3.63) is 24.3 Å². The molecule has 3 heteroatoms. The maximum atomic E-state index is 5.64. The zero-order valence-electron chi connectivity index (χ0n) is 10.8. The van der Waals surface area contributed by atoms with Gasteiger partial charge < -0.3 is 9.47 Å². The summed E-state index contributed by atoms with van der Waals surface area (Å²) in [6.07, 6.45) is 3.72. The first-order valence-electron chi connectivity index (χ1n) is 6.21. The van der Waals surface area contributed by atoms with E-state index in [-0.39, 0.29) is 0 Å². The minimum atomic E-state index is 0.797. The molecular formula is C14H22O2S. The molecular weight excluding hydrogens is 232 g/mol. The van der Waals surface area contributed by atoms with Crippen LogP contribution in [0, 0.1) is 0 Å². The third-order valence-corrected chi connectivity index (χ3v) is 3.56. The van der Waals surface area contributed by atoms with Crippen LogP contribution in [0.4, 0.5) is 0 Å². The van der Waals surface area contributed by atoms with Gasteiger partial charge in [0.05, 0.1) is 13.7 Å². The van der Waals surface area contributed by atoms with Crippen LogP contribution in [0.1, 0.15) is 26.2 Å². The van der Waals surface area contributed by atoms with E-state index in [2.05, 4.69) is 6.92 Å². The van der Waals surface area contributed by atoms with E-state index in [1.165, 1.54) is 24.3 Å². The third kappa shape index (κ3) is 6.47. The maximum absolute atomic E-state index is 5.64. The lowest BCUT2D eigenvalue weighted by atomic mass is 10.3. The Morgan fingerprint density at radius 2 is 1.65 bits per heavy atom. The lowest BCUT2D eigenvalue weighted by Gasteiger charge is -2.06. The zero-order chi connectivity index (χ0) is 12.3. The molecule has 0 unspecified atom stereocenters. The first kappa shape index (κ1) is 14.2. The second kappa shape index (κ2) is 9.23. The number of hydrogen-bond donors (Lipinski definition) is 0. The normalized spacial score (nSPS) is 10.2. The maximum Gasteiger partial charge on any atom is 0.119 e. The molecule has 0 fully saturated rings. The Hall–Kier alpha value is -0.830. The summed E-state index contributed by atoms with van der Waals surface area (Å²) >= 11 is 2.02. The van der Waals surface area contributed by atoms with Crippen LogP contribution in [-0.2, 0) is 0 Å². The zero-order valence-corrected chi connectivity index (χ0v) is 11.6. The standard InChI is InChI=1S/C14H22O2S/c1-3-4-11-17-12-5-10-16-14-8-6-13(15-2)7-9-14/h6-9H,3-5,10-12H2,1-2H3. The third-order valence-electron chi connectivity index (χ3n) is 2.40. The molecule has 0 radical (unpaired) electrons. The van der Waals surface area contributed by atoms with Gasteiger partial charge in [-0.3, -0.25) is 0 Å². The molecule has 0 aliphatic rings. The smallest absolute Gasteiger partial charge is 0.119 e. The van der Waals surface area contributed by atoms with Crippen molar-refractivity contribution in [2.75, 3.05) is 25.2 Å². The molecule has 0 aromatic heterocycles. The molecule has 0 amide bonds. The van der Waals surface area contributed by atoms with Gasteiger partial charge in [0, 0.05) is 0 Å². The largest absolute Gasteiger partial charge is 0.497 e. The lowest BCUT2D eigenvalue weighted by molar-refractivity contribution is 0.318. The monoisotopic (exact) mass is 254 g/mol. The molecule has 0 N–H and O–H groups in total. The summed E-state index contributed by atoms with van der Waals surface area (Å²) < 4.78 is 10.7. The van der Waals surface area contributed by atoms with Gasteiger partial charge >= 0.3 is 0 Å². The Kier molecular flexibility index (Phi) is 7.72. The van der Waals surface area contributed by atoms with E-state index in [1.807, 2.05) is 36.0 Å². The van der Waals surface area contributed by atoms with Crippen molar-refractivity contribution in [2.24, 2.45) is 0 Å². The number of hydrogen-bond acceptors (Lipinski definition) is 3. The van der Waals surface area contributed by atoms with Crippen LogP contribution in [0.2, 0.25) is 0 Å². The van der Waals surface area contributed by atoms with Crippen LogP contribution >= 0.6 is 11.8 Å². The summed E-state index contributed by atoms with van der Waals surface area (Å²) in [5.74, 6) is 4.26. The summed E-state index contributed by atoms with van der Waals surface area (Å²) in [6, 6.07) is 7.74. The molecule has 0 saturated carbocycles. The van der Waals surface area contributed by atoms with Crippen molar-refractivity contribution in [2.45, 2.75) is 26.2 Å². The van der Waals surface area contributed by atoms with Gasteiger partial charge in [0.1, 0.15) is 11.5 Å². The number of methoxy groups -OCH3 is 1. The predicted octanol–water partition coefficient (Wildman–Crippen LogP) is 4.00. The van der Waals surface area contributed by atoms with Gasteiger partial charge in [-0.1, -0.05) is 13.3 Å². The fourth-order valence-corrected chi connectivity index (χ4v) is 2.39. The second-order valence-corrected chi connectivity index (χ2v) is 5.07. The van der Waals surface area contributed by atoms with E-state index in [9.17, 15) is 0 Å². The van der Waals surface area contributed by atoms with Gasteiger partial charge in [-0.25, -0.2) is 0 Å². The van der Waals surface area contributed by atoms with Crippen LogP contribution in [0.15, 0.2) is 24.3 Å². The summed E-state index contributed by atoms with van der Waals surface area (Å²) in [6.45, 7) is 3.03. The van der Waals surface area contributed by atoms with E-state index in [0.29, 0.717) is 0 Å². The highest BCUT2D eigenvalue weighted by atomic mass is 32.2. The summed E-state index contributed by atoms with van der Waals surface area (Å²) in [4.78, 5) is 0. The van der Waals surface area contributed by atoms with E-state index in [0.717, 1.165) is 24.5 Å². The van der Waals surface area contributed by atoms with E-state index in [1.54, 1.807) is 7.11 Å². The highest BCUT2D eigenvalue weighted by Crippen LogP contribution is 2.17. The number of unbranched alkanes of at least 4 members (excludes halogenated alkanes) is 1. The molecule has 0 atom stereocenters. The van der Waals surface area contributed by atoms with Gasteiger partial charge in [0.15, 0.2) is 0 Å². The van der Waals surface area contributed by atoms with E-state index < -0.39 is 0 Å². The highest BCUT2D eigenvalue weighted by Gasteiger charge is 1.95. The lowest BCUT2D eigenvalue weighted by Crippen LogP contribution is -1.99. The summed E-state index contributed by atoms with van der Waals surface area (Å²) in [7, 11) is 1.67. The predicted molar refractivity (Wildman–Crippen MR) is 75.3 cm³/mol. The molecule has 0 heterocycles. The summed E-state index contributed by atoms with van der Waals surface area (Å²) in [5, 5.41) is 0. The average Bonchev–Trinajstić information content (AvgIpc) is 2.38. The highest BCUT2D eigenvalue weighted by molar-refractivity contribution is 7.99. The molecule has 96 valence electrons. The van der Waals surface area contributed by atoms with E-state index in [4.69, 9.17) is 9.47 Å². The van der Waals surface area contributed by atoms with Gasteiger partial charge in [-0.15, -0.1) is 0 Å². The number of thioether (sulfide) groups is 1. The minimum absolute atomic E-state index is 0.797. The minimum Gasteiger partial charge on any atom is -0.497 e. The van der Waals surface area contributed by atoms with Crippen molar-refractivity contribution in [3.8, 4) is 11.5 Å². The number of ether oxygens (including phenoxy) is 2. The molecule has 0 aliphatic heterocycles. The van der Waals surface area contributed by atoms with Gasteiger partial charge in [0.25, 0.3) is 0 Å². The van der Waals surface area contributed by atoms with Crippen LogP contribution in [0.5, 0.6) is 11.5 Å². The van der Waals surface area contributed by atoms with E-state index >= 15 is 0 Å². The summed E-state index contributed by atoms with van der Waals surface area (Å²) in [5.41, 5.74) is 0. The van der Waals surface area contributed by atoms with Crippen LogP contribution < -0.4 is 9.47 Å². The average molecular weight is 254 g/mol. The van der Waals surface area contributed by atoms with Gasteiger partial charge in [0.2, 0.25) is 0 Å². The quantitative estimate of drug-likeness (QED) is 0.621. The SMILES string of the molecule is CCCCSCCCOc1ccc(OC)cc1. The molecule has 1 aromatic rings. The molecule has 17 heavy (non-hydrogen) atoms. The topological polar surface area (TPSA) is 18.5 Å². The van der Waals surface area contributed by atoms with Gasteiger partial charge in [-0.05, 0) is 48.6 Å². The Balaban J connectivity index is 2.05. The van der Waals surface area contributed by atoms with Gasteiger partial charge in [-0.2, -0.15) is 11.8 Å². The molecule has 2 nitrogen and oxygen atoms in total. The fraction of sp³-hybridized carbons (Fsp3) is 0.571. The van der Waals surface area contributed by atoms with Crippen molar-refractivity contribution < 1.29 is 9.47 Å². The Morgan fingerprint density at radius 3 is 2.29 bits per heavy atom. The fourth-order valence-electron chi connectivity index (χ4n) is 1.37. The molecule has 0 spiro atoms. The molecule has 1 rings (SSSR count).